The van der Waals surface area contributed by atoms with Gasteiger partial charge in [-0.05, 0) is 30.8 Å². The van der Waals surface area contributed by atoms with Crippen LogP contribution < -0.4 is 15.8 Å². The van der Waals surface area contributed by atoms with Crippen LogP contribution in [0.25, 0.3) is 0 Å². The monoisotopic (exact) mass is 261 g/mol. The van der Waals surface area contributed by atoms with Gasteiger partial charge in [0.25, 0.3) is 0 Å². The molecule has 0 aliphatic rings. The van der Waals surface area contributed by atoms with Crippen LogP contribution in [-0.2, 0) is 6.42 Å². The zero-order valence-electron chi connectivity index (χ0n) is 11.3. The van der Waals surface area contributed by atoms with Crippen molar-refractivity contribution in [1.29, 1.82) is 0 Å². The molecule has 0 heterocycles. The molecule has 0 fully saturated rings. The summed E-state index contributed by atoms with van der Waals surface area (Å²) in [7, 11) is 3.24. The summed E-state index contributed by atoms with van der Waals surface area (Å²) in [4.78, 5) is 11.7. The number of methoxy groups -OCH3 is 1. The van der Waals surface area contributed by atoms with Crippen molar-refractivity contribution in [1.82, 2.24) is 5.32 Å². The minimum atomic E-state index is 0.274. The third-order valence-corrected chi connectivity index (χ3v) is 2.42. The van der Waals surface area contributed by atoms with Gasteiger partial charge in [0.15, 0.2) is 5.96 Å². The first-order chi connectivity index (χ1) is 9.19. The van der Waals surface area contributed by atoms with Crippen molar-refractivity contribution in [2.24, 2.45) is 20.7 Å². The lowest BCUT2D eigenvalue weighted by Crippen LogP contribution is -2.36. The molecule has 0 bridgehead atoms. The van der Waals surface area contributed by atoms with E-state index in [1.165, 1.54) is 0 Å². The Labute approximate surface area is 113 Å². The van der Waals surface area contributed by atoms with Gasteiger partial charge < -0.3 is 10.5 Å². The molecule has 0 atom stereocenters. The molecule has 0 unspecified atom stereocenters. The lowest BCUT2D eigenvalue weighted by molar-refractivity contribution is 0.414. The van der Waals surface area contributed by atoms with Crippen molar-refractivity contribution in [3.05, 3.63) is 29.8 Å². The molecule has 1 aromatic carbocycles. The van der Waals surface area contributed by atoms with Gasteiger partial charge in [0.2, 0.25) is 5.96 Å². The van der Waals surface area contributed by atoms with Crippen LogP contribution in [0.15, 0.2) is 39.2 Å². The number of ether oxygens (including phenoxy) is 1. The zero-order valence-corrected chi connectivity index (χ0v) is 11.3. The Balaban J connectivity index is 2.50. The first kappa shape index (κ1) is 14.7. The van der Waals surface area contributed by atoms with Crippen LogP contribution >= 0.6 is 0 Å². The Morgan fingerprint density at radius 3 is 2.89 bits per heavy atom. The van der Waals surface area contributed by atoms with Crippen LogP contribution in [0.4, 0.5) is 0 Å². The first-order valence-electron chi connectivity index (χ1n) is 5.83. The van der Waals surface area contributed by atoms with E-state index in [0.717, 1.165) is 17.7 Å². The molecule has 3 N–H and O–H groups in total. The molecule has 0 aliphatic heterocycles. The fourth-order valence-corrected chi connectivity index (χ4v) is 1.45. The number of nitrogens with zero attached hydrogens (tertiary/aromatic N) is 3. The predicted octanol–water partition coefficient (Wildman–Crippen LogP) is 0.828. The predicted molar refractivity (Wildman–Crippen MR) is 79.2 cm³/mol. The van der Waals surface area contributed by atoms with E-state index in [2.05, 4.69) is 27.0 Å². The van der Waals surface area contributed by atoms with E-state index in [1.807, 2.05) is 24.3 Å². The molecule has 0 radical (unpaired) electrons. The van der Waals surface area contributed by atoms with E-state index < -0.39 is 0 Å². The van der Waals surface area contributed by atoms with E-state index in [0.29, 0.717) is 12.5 Å². The van der Waals surface area contributed by atoms with Crippen LogP contribution in [0.5, 0.6) is 5.75 Å². The van der Waals surface area contributed by atoms with Crippen LogP contribution in [0.1, 0.15) is 5.56 Å². The molecule has 0 aliphatic carbocycles. The summed E-state index contributed by atoms with van der Waals surface area (Å²) in [6.45, 7) is 3.93. The molecule has 1 rings (SSSR count). The van der Waals surface area contributed by atoms with Gasteiger partial charge in [0.1, 0.15) is 5.75 Å². The fourth-order valence-electron chi connectivity index (χ4n) is 1.45. The SMILES string of the molecule is C=NC(=NC)NC(N)=NCCc1cccc(OC)c1. The molecular formula is C13H19N5O. The Bertz CT molecular complexity index is 482. The second-order valence-electron chi connectivity index (χ2n) is 3.70. The van der Waals surface area contributed by atoms with Gasteiger partial charge >= 0.3 is 0 Å². The number of rotatable bonds is 4. The summed E-state index contributed by atoms with van der Waals surface area (Å²) in [6, 6.07) is 7.85. The zero-order chi connectivity index (χ0) is 14.1. The normalized spacial score (nSPS) is 12.1. The van der Waals surface area contributed by atoms with Crippen molar-refractivity contribution < 1.29 is 4.74 Å². The van der Waals surface area contributed by atoms with Crippen molar-refractivity contribution in [2.75, 3.05) is 20.7 Å². The smallest absolute Gasteiger partial charge is 0.223 e. The largest absolute Gasteiger partial charge is 0.497 e. The summed E-state index contributed by atoms with van der Waals surface area (Å²) in [6.07, 6.45) is 0.777. The lowest BCUT2D eigenvalue weighted by Gasteiger charge is -2.05. The van der Waals surface area contributed by atoms with Gasteiger partial charge in [-0.3, -0.25) is 15.3 Å². The standard InChI is InChI=1S/C13H19N5O/c1-15-13(16-2)18-12(14)17-8-7-10-5-4-6-11(9-10)19-3/h4-6,9H,1,7-8H2,2-3H3,(H3,14,16,17,18). The number of hydrogen-bond acceptors (Lipinski definition) is 3. The van der Waals surface area contributed by atoms with Crippen LogP contribution in [0.2, 0.25) is 0 Å². The molecule has 0 spiro atoms. The first-order valence-corrected chi connectivity index (χ1v) is 5.83. The third kappa shape index (κ3) is 5.20. The third-order valence-electron chi connectivity index (χ3n) is 2.42. The Hall–Kier alpha value is -2.37. The summed E-state index contributed by atoms with van der Waals surface area (Å²) in [5, 5.41) is 2.75. The number of nitrogens with two attached hydrogens (primary N) is 1. The second-order valence-corrected chi connectivity index (χ2v) is 3.70. The molecule has 0 aromatic heterocycles. The lowest BCUT2D eigenvalue weighted by atomic mass is 10.1. The maximum atomic E-state index is 5.69. The van der Waals surface area contributed by atoms with Crippen LogP contribution in [0.3, 0.4) is 0 Å². The van der Waals surface area contributed by atoms with E-state index in [-0.39, 0.29) is 5.96 Å². The highest BCUT2D eigenvalue weighted by Crippen LogP contribution is 2.12. The Morgan fingerprint density at radius 2 is 2.26 bits per heavy atom. The van der Waals surface area contributed by atoms with E-state index >= 15 is 0 Å². The maximum absolute atomic E-state index is 5.69. The second kappa shape index (κ2) is 7.86. The molecule has 0 saturated carbocycles. The van der Waals surface area contributed by atoms with Gasteiger partial charge in [-0.2, -0.15) is 0 Å². The van der Waals surface area contributed by atoms with Gasteiger partial charge in [-0.1, -0.05) is 12.1 Å². The minimum absolute atomic E-state index is 0.274. The van der Waals surface area contributed by atoms with Crippen molar-refractivity contribution in [3.8, 4) is 5.75 Å². The molecule has 6 nitrogen and oxygen atoms in total. The average Bonchev–Trinajstić information content (AvgIpc) is 2.45. The van der Waals surface area contributed by atoms with Gasteiger partial charge in [-0.25, -0.2) is 4.99 Å². The summed E-state index contributed by atoms with van der Waals surface area (Å²) < 4.78 is 5.16. The fraction of sp³-hybridized carbons (Fsp3) is 0.308. The van der Waals surface area contributed by atoms with Crippen molar-refractivity contribution in [2.45, 2.75) is 6.42 Å². The highest BCUT2D eigenvalue weighted by molar-refractivity contribution is 5.99. The molecule has 6 heteroatoms. The van der Waals surface area contributed by atoms with Gasteiger partial charge in [-0.15, -0.1) is 0 Å². The molecule has 0 amide bonds. The van der Waals surface area contributed by atoms with Crippen molar-refractivity contribution >= 4 is 18.6 Å². The molecular weight excluding hydrogens is 242 g/mol. The van der Waals surface area contributed by atoms with Crippen LogP contribution in [-0.4, -0.2) is 39.3 Å². The van der Waals surface area contributed by atoms with E-state index in [1.54, 1.807) is 14.2 Å². The average molecular weight is 261 g/mol. The topological polar surface area (TPSA) is 84.4 Å². The number of hydrogen-bond donors (Lipinski definition) is 2. The number of guanidine groups is 2. The van der Waals surface area contributed by atoms with Crippen LogP contribution in [0, 0.1) is 0 Å². The van der Waals surface area contributed by atoms with E-state index in [4.69, 9.17) is 10.5 Å². The maximum Gasteiger partial charge on any atom is 0.223 e. The highest BCUT2D eigenvalue weighted by Gasteiger charge is 1.98. The van der Waals surface area contributed by atoms with Gasteiger partial charge in [0, 0.05) is 13.6 Å². The number of nitrogens with one attached hydrogen (secondary N) is 1. The number of aliphatic imine (C=N–C) groups is 3. The Kier molecular flexibility index (Phi) is 6.08. The van der Waals surface area contributed by atoms with Gasteiger partial charge in [0.05, 0.1) is 7.11 Å². The molecule has 19 heavy (non-hydrogen) atoms. The summed E-state index contributed by atoms with van der Waals surface area (Å²) in [5.74, 6) is 1.46. The van der Waals surface area contributed by atoms with E-state index in [9.17, 15) is 0 Å². The highest BCUT2D eigenvalue weighted by atomic mass is 16.5. The Morgan fingerprint density at radius 1 is 1.47 bits per heavy atom. The molecule has 102 valence electrons. The van der Waals surface area contributed by atoms with Crippen molar-refractivity contribution in [3.63, 3.8) is 0 Å². The molecule has 0 saturated heterocycles. The minimum Gasteiger partial charge on any atom is -0.497 e. The quantitative estimate of drug-likeness (QED) is 0.622. The number of benzene rings is 1. The molecule has 1 aromatic rings. The summed E-state index contributed by atoms with van der Waals surface area (Å²) in [5.41, 5.74) is 6.83. The summed E-state index contributed by atoms with van der Waals surface area (Å²) >= 11 is 0.